The maximum Gasteiger partial charge on any atom is 0.330 e. The molecule has 0 N–H and O–H groups in total. The van der Waals surface area contributed by atoms with Crippen molar-refractivity contribution in [1.82, 2.24) is 4.98 Å². The van der Waals surface area contributed by atoms with Crippen LogP contribution in [0.25, 0.3) is 6.08 Å². The van der Waals surface area contributed by atoms with Crippen molar-refractivity contribution in [2.75, 3.05) is 7.11 Å². The zero-order valence-electron chi connectivity index (χ0n) is 7.73. The fourth-order valence-corrected chi connectivity index (χ4v) is 0.899. The minimum atomic E-state index is -0.420. The van der Waals surface area contributed by atoms with E-state index in [4.69, 9.17) is 6.42 Å². The molecule has 70 valence electrons. The van der Waals surface area contributed by atoms with E-state index in [1.807, 2.05) is 0 Å². The third-order valence-electron chi connectivity index (χ3n) is 1.58. The van der Waals surface area contributed by atoms with Gasteiger partial charge in [0, 0.05) is 17.8 Å². The molecule has 0 unspecified atom stereocenters. The minimum Gasteiger partial charge on any atom is -0.466 e. The Morgan fingerprint density at radius 1 is 1.71 bits per heavy atom. The summed E-state index contributed by atoms with van der Waals surface area (Å²) in [6.45, 7) is 0. The molecule has 3 heteroatoms. The van der Waals surface area contributed by atoms with Crippen molar-refractivity contribution in [3.63, 3.8) is 0 Å². The second-order valence-corrected chi connectivity index (χ2v) is 2.44. The van der Waals surface area contributed by atoms with Crippen LogP contribution in [0.3, 0.4) is 0 Å². The van der Waals surface area contributed by atoms with Gasteiger partial charge >= 0.3 is 5.97 Å². The first-order chi connectivity index (χ1) is 6.77. The average molecular weight is 187 g/mol. The number of rotatable bonds is 2. The van der Waals surface area contributed by atoms with Crippen molar-refractivity contribution in [1.29, 1.82) is 0 Å². The number of hydrogen-bond acceptors (Lipinski definition) is 3. The van der Waals surface area contributed by atoms with Crippen LogP contribution >= 0.6 is 0 Å². The monoisotopic (exact) mass is 187 g/mol. The lowest BCUT2D eigenvalue weighted by Gasteiger charge is -1.95. The predicted molar refractivity (Wildman–Crippen MR) is 53.2 cm³/mol. The number of ether oxygens (including phenoxy) is 1. The normalized spacial score (nSPS) is 9.71. The van der Waals surface area contributed by atoms with Gasteiger partial charge in [0.1, 0.15) is 5.69 Å². The molecule has 0 aromatic carbocycles. The predicted octanol–water partition coefficient (Wildman–Crippen LogP) is 1.25. The minimum absolute atomic E-state index is 0.420. The molecule has 0 aliphatic heterocycles. The molecule has 0 bridgehead atoms. The second-order valence-electron chi connectivity index (χ2n) is 2.44. The van der Waals surface area contributed by atoms with Gasteiger partial charge < -0.3 is 4.74 Å². The quantitative estimate of drug-likeness (QED) is 0.397. The third-order valence-corrected chi connectivity index (χ3v) is 1.58. The van der Waals surface area contributed by atoms with E-state index in [1.165, 1.54) is 13.2 Å². The van der Waals surface area contributed by atoms with Gasteiger partial charge in [0.05, 0.1) is 7.11 Å². The van der Waals surface area contributed by atoms with Crippen LogP contribution in [0.2, 0.25) is 0 Å². The van der Waals surface area contributed by atoms with E-state index in [-0.39, 0.29) is 0 Å². The van der Waals surface area contributed by atoms with E-state index in [0.29, 0.717) is 5.69 Å². The Labute approximate surface area is 82.4 Å². The van der Waals surface area contributed by atoms with Crippen LogP contribution in [0.5, 0.6) is 0 Å². The van der Waals surface area contributed by atoms with Crippen molar-refractivity contribution in [2.24, 2.45) is 0 Å². The first-order valence-electron chi connectivity index (χ1n) is 3.95. The van der Waals surface area contributed by atoms with Gasteiger partial charge in [0.25, 0.3) is 0 Å². The molecule has 0 atom stereocenters. The molecular weight excluding hydrogens is 178 g/mol. The van der Waals surface area contributed by atoms with Gasteiger partial charge in [0.2, 0.25) is 0 Å². The largest absolute Gasteiger partial charge is 0.466 e. The lowest BCUT2D eigenvalue weighted by atomic mass is 10.2. The van der Waals surface area contributed by atoms with Crippen molar-refractivity contribution < 1.29 is 9.53 Å². The van der Waals surface area contributed by atoms with Crippen LogP contribution in [0.15, 0.2) is 24.4 Å². The SMILES string of the molecule is C#Cc1ncccc1/C=C/C(=O)OC. The summed E-state index contributed by atoms with van der Waals surface area (Å²) in [5, 5.41) is 0. The van der Waals surface area contributed by atoms with Gasteiger partial charge in [0.15, 0.2) is 0 Å². The van der Waals surface area contributed by atoms with Gasteiger partial charge in [-0.05, 0) is 18.1 Å². The molecule has 0 saturated carbocycles. The third kappa shape index (κ3) is 2.46. The molecule has 0 saturated heterocycles. The Hall–Kier alpha value is -2.08. The van der Waals surface area contributed by atoms with Crippen LogP contribution in [0.4, 0.5) is 0 Å². The molecule has 0 aliphatic rings. The van der Waals surface area contributed by atoms with E-state index < -0.39 is 5.97 Å². The van der Waals surface area contributed by atoms with E-state index >= 15 is 0 Å². The van der Waals surface area contributed by atoms with Gasteiger partial charge in [-0.1, -0.05) is 6.07 Å². The Balaban J connectivity index is 2.92. The number of carbonyl (C=O) groups is 1. The van der Waals surface area contributed by atoms with Crippen LogP contribution < -0.4 is 0 Å². The summed E-state index contributed by atoms with van der Waals surface area (Å²) in [5.74, 6) is 2.00. The van der Waals surface area contributed by atoms with Crippen LogP contribution in [-0.4, -0.2) is 18.1 Å². The van der Waals surface area contributed by atoms with Crippen molar-refractivity contribution in [2.45, 2.75) is 0 Å². The maximum atomic E-state index is 10.8. The standard InChI is InChI=1S/C11H9NO2/c1-3-10-9(5-4-8-12-10)6-7-11(13)14-2/h1,4-8H,2H3/b7-6+. The molecule has 1 heterocycles. The zero-order chi connectivity index (χ0) is 10.4. The van der Waals surface area contributed by atoms with Crippen molar-refractivity contribution in [3.8, 4) is 12.3 Å². The fraction of sp³-hybridized carbons (Fsp3) is 0.0909. The van der Waals surface area contributed by atoms with E-state index in [9.17, 15) is 4.79 Å². The van der Waals surface area contributed by atoms with Crippen LogP contribution in [0, 0.1) is 12.3 Å². The Morgan fingerprint density at radius 3 is 3.14 bits per heavy atom. The number of hydrogen-bond donors (Lipinski definition) is 0. The van der Waals surface area contributed by atoms with Gasteiger partial charge in [-0.2, -0.15) is 0 Å². The summed E-state index contributed by atoms with van der Waals surface area (Å²) in [6, 6.07) is 3.53. The van der Waals surface area contributed by atoms with Crippen molar-refractivity contribution in [3.05, 3.63) is 35.7 Å². The molecule has 1 rings (SSSR count). The highest BCUT2D eigenvalue weighted by atomic mass is 16.5. The number of nitrogens with zero attached hydrogens (tertiary/aromatic N) is 1. The molecule has 0 fully saturated rings. The molecule has 0 spiro atoms. The summed E-state index contributed by atoms with van der Waals surface area (Å²) in [7, 11) is 1.32. The van der Waals surface area contributed by atoms with Gasteiger partial charge in [-0.15, -0.1) is 6.42 Å². The van der Waals surface area contributed by atoms with Crippen LogP contribution in [0.1, 0.15) is 11.3 Å². The van der Waals surface area contributed by atoms with Crippen molar-refractivity contribution >= 4 is 12.0 Å². The average Bonchev–Trinajstić information content (AvgIpc) is 2.26. The molecule has 0 amide bonds. The van der Waals surface area contributed by atoms with E-state index in [2.05, 4.69) is 15.6 Å². The highest BCUT2D eigenvalue weighted by molar-refractivity contribution is 5.87. The summed E-state index contributed by atoms with van der Waals surface area (Å²) in [4.78, 5) is 14.8. The number of pyridine rings is 1. The number of esters is 1. The topological polar surface area (TPSA) is 39.2 Å². The summed E-state index contributed by atoms with van der Waals surface area (Å²) < 4.78 is 4.45. The van der Waals surface area contributed by atoms with E-state index in [0.717, 1.165) is 5.56 Å². The molecule has 1 aromatic rings. The molecule has 3 nitrogen and oxygen atoms in total. The summed E-state index contributed by atoms with van der Waals surface area (Å²) in [6.07, 6.45) is 9.71. The van der Waals surface area contributed by atoms with Crippen LogP contribution in [-0.2, 0) is 9.53 Å². The highest BCUT2D eigenvalue weighted by Crippen LogP contribution is 2.05. The highest BCUT2D eigenvalue weighted by Gasteiger charge is 1.97. The summed E-state index contributed by atoms with van der Waals surface area (Å²) in [5.41, 5.74) is 1.23. The Kier molecular flexibility index (Phi) is 3.45. The Morgan fingerprint density at radius 2 is 2.50 bits per heavy atom. The summed E-state index contributed by atoms with van der Waals surface area (Å²) >= 11 is 0. The van der Waals surface area contributed by atoms with E-state index in [1.54, 1.807) is 24.4 Å². The van der Waals surface area contributed by atoms with Gasteiger partial charge in [-0.3, -0.25) is 0 Å². The first-order valence-corrected chi connectivity index (χ1v) is 3.95. The molecule has 0 radical (unpaired) electrons. The second kappa shape index (κ2) is 4.83. The fourth-order valence-electron chi connectivity index (χ4n) is 0.899. The number of carbonyl (C=O) groups excluding carboxylic acids is 1. The molecule has 1 aromatic heterocycles. The first kappa shape index (κ1) is 10.0. The zero-order valence-corrected chi connectivity index (χ0v) is 7.73. The molecule has 14 heavy (non-hydrogen) atoms. The molecular formula is C11H9NO2. The lowest BCUT2D eigenvalue weighted by Crippen LogP contribution is -1.94. The number of aromatic nitrogens is 1. The number of methoxy groups -OCH3 is 1. The number of terminal acetylenes is 1. The van der Waals surface area contributed by atoms with Gasteiger partial charge in [-0.25, -0.2) is 9.78 Å². The smallest absolute Gasteiger partial charge is 0.330 e. The maximum absolute atomic E-state index is 10.8. The Bertz CT molecular complexity index is 402. The molecule has 0 aliphatic carbocycles. The lowest BCUT2D eigenvalue weighted by molar-refractivity contribution is -0.134.